The van der Waals surface area contributed by atoms with Gasteiger partial charge in [-0.25, -0.2) is 0 Å². The Kier molecular flexibility index (Phi) is 15.1. The van der Waals surface area contributed by atoms with Crippen molar-refractivity contribution in [2.45, 2.75) is 40.0 Å². The van der Waals surface area contributed by atoms with Crippen LogP contribution in [0.3, 0.4) is 0 Å². The fourth-order valence-electron chi connectivity index (χ4n) is 1.05. The Morgan fingerprint density at radius 2 is 1.88 bits per heavy atom. The van der Waals surface area contributed by atoms with Crippen LogP contribution in [0.4, 0.5) is 0 Å². The van der Waals surface area contributed by atoms with Gasteiger partial charge in [-0.1, -0.05) is 56.9 Å². The number of unbranched alkanes of at least 4 members (excludes halogenated alkanes) is 2. The summed E-state index contributed by atoms with van der Waals surface area (Å²) in [5.41, 5.74) is 2.11. The van der Waals surface area contributed by atoms with Gasteiger partial charge in [0.1, 0.15) is 0 Å². The van der Waals surface area contributed by atoms with Crippen LogP contribution in [-0.2, 0) is 0 Å². The zero-order valence-electron chi connectivity index (χ0n) is 11.0. The lowest BCUT2D eigenvalue weighted by atomic mass is 10.1. The number of rotatable bonds is 7. The molecule has 0 aromatic heterocycles. The van der Waals surface area contributed by atoms with Crippen LogP contribution in [0.5, 0.6) is 0 Å². The smallest absolute Gasteiger partial charge is 0.0431 e. The summed E-state index contributed by atoms with van der Waals surface area (Å²) in [5.74, 6) is 0. The maximum absolute atomic E-state index is 8.58. The molecule has 0 bridgehead atoms. The van der Waals surface area contributed by atoms with Crippen molar-refractivity contribution < 1.29 is 5.11 Å². The van der Waals surface area contributed by atoms with Gasteiger partial charge in [0.15, 0.2) is 0 Å². The SMILES string of the molecule is C=CC(/C=C/CCCCO)=C\C(=C)C.CC. The van der Waals surface area contributed by atoms with E-state index in [0.29, 0.717) is 0 Å². The minimum Gasteiger partial charge on any atom is -0.396 e. The highest BCUT2D eigenvalue weighted by Crippen LogP contribution is 2.05. The number of hydrogen-bond donors (Lipinski definition) is 1. The summed E-state index contributed by atoms with van der Waals surface area (Å²) in [4.78, 5) is 0. The van der Waals surface area contributed by atoms with Gasteiger partial charge in [-0.15, -0.1) is 0 Å². The number of aliphatic hydroxyl groups is 1. The van der Waals surface area contributed by atoms with Gasteiger partial charge in [0.2, 0.25) is 0 Å². The summed E-state index contributed by atoms with van der Waals surface area (Å²) in [6.45, 7) is 13.8. The van der Waals surface area contributed by atoms with Gasteiger partial charge in [-0.3, -0.25) is 0 Å². The lowest BCUT2D eigenvalue weighted by Crippen LogP contribution is -1.80. The molecule has 0 spiro atoms. The van der Waals surface area contributed by atoms with Crippen molar-refractivity contribution in [3.8, 4) is 0 Å². The van der Waals surface area contributed by atoms with E-state index < -0.39 is 0 Å². The molecule has 0 aromatic carbocycles. The summed E-state index contributed by atoms with van der Waals surface area (Å²) in [7, 11) is 0. The minimum atomic E-state index is 0.282. The van der Waals surface area contributed by atoms with Gasteiger partial charge in [-0.05, 0) is 31.8 Å². The predicted molar refractivity (Wildman–Crippen MR) is 74.5 cm³/mol. The average Bonchev–Trinajstić information content (AvgIpc) is 2.29. The highest BCUT2D eigenvalue weighted by molar-refractivity contribution is 5.34. The highest BCUT2D eigenvalue weighted by atomic mass is 16.2. The van der Waals surface area contributed by atoms with E-state index in [9.17, 15) is 0 Å². The van der Waals surface area contributed by atoms with E-state index >= 15 is 0 Å². The van der Waals surface area contributed by atoms with Crippen molar-refractivity contribution in [2.24, 2.45) is 0 Å². The third-order valence-corrected chi connectivity index (χ3v) is 1.74. The van der Waals surface area contributed by atoms with Gasteiger partial charge >= 0.3 is 0 Å². The van der Waals surface area contributed by atoms with Gasteiger partial charge in [0, 0.05) is 6.61 Å². The quantitative estimate of drug-likeness (QED) is 0.499. The molecule has 0 aliphatic carbocycles. The molecular formula is C15H26O. The molecule has 0 saturated carbocycles. The highest BCUT2D eigenvalue weighted by Gasteiger charge is 1.86. The van der Waals surface area contributed by atoms with E-state index in [0.717, 1.165) is 30.4 Å². The Balaban J connectivity index is 0. The molecule has 0 radical (unpaired) electrons. The fourth-order valence-corrected chi connectivity index (χ4v) is 1.05. The normalized spacial score (nSPS) is 10.9. The Morgan fingerprint density at radius 3 is 2.31 bits per heavy atom. The first kappa shape index (κ1) is 17.3. The van der Waals surface area contributed by atoms with Crippen LogP contribution in [-0.4, -0.2) is 11.7 Å². The first-order valence-electron chi connectivity index (χ1n) is 5.97. The molecule has 0 saturated heterocycles. The van der Waals surface area contributed by atoms with E-state index in [1.54, 1.807) is 0 Å². The topological polar surface area (TPSA) is 20.2 Å². The molecule has 0 unspecified atom stereocenters. The predicted octanol–water partition coefficient (Wildman–Crippen LogP) is 4.42. The summed E-state index contributed by atoms with van der Waals surface area (Å²) < 4.78 is 0. The molecule has 0 aliphatic rings. The largest absolute Gasteiger partial charge is 0.396 e. The second-order valence-electron chi connectivity index (χ2n) is 3.32. The number of allylic oxidation sites excluding steroid dienone is 6. The summed E-state index contributed by atoms with van der Waals surface area (Å²) in [6.07, 6.45) is 10.9. The van der Waals surface area contributed by atoms with Crippen molar-refractivity contribution in [3.05, 3.63) is 48.6 Å². The van der Waals surface area contributed by atoms with Crippen molar-refractivity contribution in [2.75, 3.05) is 6.61 Å². The minimum absolute atomic E-state index is 0.282. The van der Waals surface area contributed by atoms with Crippen LogP contribution < -0.4 is 0 Å². The fraction of sp³-hybridized carbons (Fsp3) is 0.467. The molecule has 1 N–H and O–H groups in total. The van der Waals surface area contributed by atoms with Crippen LogP contribution in [0.2, 0.25) is 0 Å². The first-order valence-corrected chi connectivity index (χ1v) is 5.97. The first-order chi connectivity index (χ1) is 7.70. The number of aliphatic hydroxyl groups excluding tert-OH is 1. The third-order valence-electron chi connectivity index (χ3n) is 1.74. The Morgan fingerprint density at radius 1 is 1.25 bits per heavy atom. The number of hydrogen-bond acceptors (Lipinski definition) is 1. The molecule has 0 atom stereocenters. The summed E-state index contributed by atoms with van der Waals surface area (Å²) >= 11 is 0. The molecule has 0 fully saturated rings. The van der Waals surface area contributed by atoms with Gasteiger partial charge < -0.3 is 5.11 Å². The Hall–Kier alpha value is -1.08. The average molecular weight is 222 g/mol. The molecule has 1 nitrogen and oxygen atoms in total. The maximum atomic E-state index is 8.58. The monoisotopic (exact) mass is 222 g/mol. The van der Waals surface area contributed by atoms with Crippen LogP contribution in [0, 0.1) is 0 Å². The molecule has 0 rings (SSSR count). The molecule has 16 heavy (non-hydrogen) atoms. The molecular weight excluding hydrogens is 196 g/mol. The van der Waals surface area contributed by atoms with Crippen molar-refractivity contribution in [1.82, 2.24) is 0 Å². The Bertz CT molecular complexity index is 234. The summed E-state index contributed by atoms with van der Waals surface area (Å²) in [6, 6.07) is 0. The molecule has 0 aromatic rings. The zero-order valence-corrected chi connectivity index (χ0v) is 11.0. The summed E-state index contributed by atoms with van der Waals surface area (Å²) in [5, 5.41) is 8.58. The van der Waals surface area contributed by atoms with Crippen LogP contribution in [0.1, 0.15) is 40.0 Å². The Labute approximate surface area is 101 Å². The van der Waals surface area contributed by atoms with Gasteiger partial charge in [0.25, 0.3) is 0 Å². The van der Waals surface area contributed by atoms with Crippen LogP contribution in [0.25, 0.3) is 0 Å². The second kappa shape index (κ2) is 13.9. The van der Waals surface area contributed by atoms with Crippen molar-refractivity contribution in [3.63, 3.8) is 0 Å². The molecule has 92 valence electrons. The standard InChI is InChI=1S/C13H20O.C2H6/c1-4-13(11-12(2)3)9-7-5-6-8-10-14;1-2/h4,7,9,11,14H,1-2,5-6,8,10H2,3H3;1-2H3/b9-7+,13-11+;. The van der Waals surface area contributed by atoms with E-state index in [4.69, 9.17) is 5.11 Å². The molecule has 0 aliphatic heterocycles. The van der Waals surface area contributed by atoms with E-state index in [-0.39, 0.29) is 6.61 Å². The van der Waals surface area contributed by atoms with Gasteiger partial charge in [0.05, 0.1) is 0 Å². The van der Waals surface area contributed by atoms with Gasteiger partial charge in [-0.2, -0.15) is 0 Å². The lowest BCUT2D eigenvalue weighted by molar-refractivity contribution is 0.285. The van der Waals surface area contributed by atoms with E-state index in [1.807, 2.05) is 39.0 Å². The molecule has 1 heteroatoms. The van der Waals surface area contributed by atoms with E-state index in [1.165, 1.54) is 0 Å². The lowest BCUT2D eigenvalue weighted by Gasteiger charge is -1.94. The molecule has 0 amide bonds. The van der Waals surface area contributed by atoms with Crippen LogP contribution in [0.15, 0.2) is 48.6 Å². The third kappa shape index (κ3) is 12.9. The van der Waals surface area contributed by atoms with E-state index in [2.05, 4.69) is 19.2 Å². The molecule has 0 heterocycles. The van der Waals surface area contributed by atoms with Crippen molar-refractivity contribution >= 4 is 0 Å². The maximum Gasteiger partial charge on any atom is 0.0431 e. The zero-order chi connectivity index (χ0) is 12.8. The van der Waals surface area contributed by atoms with Crippen LogP contribution >= 0.6 is 0 Å². The second-order valence-corrected chi connectivity index (χ2v) is 3.32. The van der Waals surface area contributed by atoms with Crippen molar-refractivity contribution in [1.29, 1.82) is 0 Å².